The number of hydrogen-bond acceptors (Lipinski definition) is 9. The number of aliphatic hydroxyl groups excluding tert-OH is 8. The van der Waals surface area contributed by atoms with Gasteiger partial charge in [-0.15, -0.1) is 0 Å². The van der Waals surface area contributed by atoms with E-state index in [4.69, 9.17) is 0 Å². The highest BCUT2D eigenvalue weighted by Gasteiger charge is 2.35. The Bertz CT molecular complexity index is 369. The zero-order chi connectivity index (χ0) is 17.0. The van der Waals surface area contributed by atoms with Crippen molar-refractivity contribution < 1.29 is 45.1 Å². The van der Waals surface area contributed by atoms with Crippen LogP contribution in [0.1, 0.15) is 12.8 Å². The minimum atomic E-state index is -1.84. The van der Waals surface area contributed by atoms with Crippen molar-refractivity contribution in [1.29, 1.82) is 0 Å². The summed E-state index contributed by atoms with van der Waals surface area (Å²) in [5.74, 6) is -0.954. The Balaban J connectivity index is 2.92. The van der Waals surface area contributed by atoms with E-state index < -0.39 is 84.0 Å². The summed E-state index contributed by atoms with van der Waals surface area (Å²) < 4.78 is 11.7. The molecule has 0 bridgehead atoms. The van der Waals surface area contributed by atoms with Crippen LogP contribution in [0.15, 0.2) is 0 Å². The molecule has 1 fully saturated rings. The first-order valence-electron chi connectivity index (χ1n) is 6.93. The third-order valence-corrected chi connectivity index (χ3v) is 5.09. The van der Waals surface area contributed by atoms with Crippen LogP contribution in [0.25, 0.3) is 0 Å². The lowest BCUT2D eigenvalue weighted by Crippen LogP contribution is -2.47. The van der Waals surface area contributed by atoms with E-state index in [2.05, 4.69) is 0 Å². The van der Waals surface area contributed by atoms with E-state index >= 15 is 0 Å². The first-order valence-corrected chi connectivity index (χ1v) is 8.41. The van der Waals surface area contributed by atoms with Gasteiger partial charge in [-0.3, -0.25) is 4.21 Å². The lowest BCUT2D eigenvalue weighted by molar-refractivity contribution is -0.112. The topological polar surface area (TPSA) is 179 Å². The monoisotopic (exact) mass is 344 g/mol. The number of aliphatic hydroxyl groups is 8. The maximum Gasteiger partial charge on any atom is 0.109 e. The zero-order valence-electron chi connectivity index (χ0n) is 11.8. The van der Waals surface area contributed by atoms with Crippen LogP contribution < -0.4 is 0 Å². The molecule has 8 N–H and O–H groups in total. The summed E-state index contributed by atoms with van der Waals surface area (Å²) >= 11 is 0. The van der Waals surface area contributed by atoms with Crippen molar-refractivity contribution in [3.8, 4) is 0 Å². The van der Waals surface area contributed by atoms with Gasteiger partial charge in [-0.05, 0) is 0 Å². The Labute approximate surface area is 129 Å². The van der Waals surface area contributed by atoms with Gasteiger partial charge in [0.15, 0.2) is 0 Å². The molecule has 1 aliphatic rings. The average Bonchev–Trinajstić information content (AvgIpc) is 2.43. The molecule has 0 saturated carbocycles. The Morgan fingerprint density at radius 3 is 1.45 bits per heavy atom. The van der Waals surface area contributed by atoms with E-state index in [1.165, 1.54) is 0 Å². The van der Waals surface area contributed by atoms with Crippen molar-refractivity contribution in [3.63, 3.8) is 0 Å². The van der Waals surface area contributed by atoms with E-state index in [1.54, 1.807) is 0 Å². The van der Waals surface area contributed by atoms with Crippen LogP contribution in [0.4, 0.5) is 0 Å². The maximum absolute atomic E-state index is 11.7. The van der Waals surface area contributed by atoms with Crippen LogP contribution in [0.2, 0.25) is 0 Å². The van der Waals surface area contributed by atoms with Crippen LogP contribution in [-0.2, 0) is 10.8 Å². The fourth-order valence-electron chi connectivity index (χ4n) is 2.29. The van der Waals surface area contributed by atoms with Crippen molar-refractivity contribution in [2.75, 3.05) is 11.5 Å². The largest absolute Gasteiger partial charge is 0.393 e. The molecular formula is C12H24O9S. The first-order chi connectivity index (χ1) is 10.1. The van der Waals surface area contributed by atoms with Gasteiger partial charge in [0.25, 0.3) is 0 Å². The van der Waals surface area contributed by atoms with Gasteiger partial charge in [-0.1, -0.05) is 0 Å². The van der Waals surface area contributed by atoms with E-state index in [1.807, 2.05) is 0 Å². The Kier molecular flexibility index (Phi) is 7.79. The highest BCUT2D eigenvalue weighted by molar-refractivity contribution is 7.85. The van der Waals surface area contributed by atoms with E-state index in [0.29, 0.717) is 0 Å². The maximum atomic E-state index is 11.7. The molecule has 10 heteroatoms. The molecule has 1 saturated heterocycles. The quantitative estimate of drug-likeness (QED) is 0.215. The molecule has 0 aromatic carbocycles. The molecular weight excluding hydrogens is 320 g/mol. The minimum absolute atomic E-state index is 0.396. The highest BCUT2D eigenvalue weighted by Crippen LogP contribution is 2.17. The molecule has 0 radical (unpaired) electrons. The van der Waals surface area contributed by atoms with Gasteiger partial charge in [0.1, 0.15) is 18.3 Å². The summed E-state index contributed by atoms with van der Waals surface area (Å²) in [5, 5.41) is 77.6. The summed E-state index contributed by atoms with van der Waals surface area (Å²) in [4.78, 5) is 0. The number of hydrogen-bond donors (Lipinski definition) is 8. The summed E-state index contributed by atoms with van der Waals surface area (Å²) in [6, 6.07) is 0. The molecule has 22 heavy (non-hydrogen) atoms. The van der Waals surface area contributed by atoms with Crippen LogP contribution in [0.5, 0.6) is 0 Å². The molecule has 9 atom stereocenters. The van der Waals surface area contributed by atoms with Crippen LogP contribution in [0, 0.1) is 0 Å². The summed E-state index contributed by atoms with van der Waals surface area (Å²) in [6.45, 7) is 0. The zero-order valence-corrected chi connectivity index (χ0v) is 12.7. The molecule has 0 aliphatic carbocycles. The second kappa shape index (κ2) is 8.62. The summed E-state index contributed by atoms with van der Waals surface area (Å²) in [5.41, 5.74) is 0. The second-order valence-electron chi connectivity index (χ2n) is 5.64. The minimum Gasteiger partial charge on any atom is -0.393 e. The predicted molar refractivity (Wildman–Crippen MR) is 75.2 cm³/mol. The third kappa shape index (κ3) is 5.48. The Hall–Kier alpha value is -0.170. The number of rotatable bonds is 0. The van der Waals surface area contributed by atoms with E-state index in [0.717, 1.165) is 0 Å². The summed E-state index contributed by atoms with van der Waals surface area (Å²) in [7, 11) is -1.84. The highest BCUT2D eigenvalue weighted by atomic mass is 32.2. The van der Waals surface area contributed by atoms with Crippen molar-refractivity contribution in [3.05, 3.63) is 0 Å². The van der Waals surface area contributed by atoms with Gasteiger partial charge in [-0.2, -0.15) is 0 Å². The van der Waals surface area contributed by atoms with Crippen LogP contribution >= 0.6 is 0 Å². The Morgan fingerprint density at radius 2 is 0.955 bits per heavy atom. The fourth-order valence-corrected chi connectivity index (χ4v) is 3.58. The molecule has 1 heterocycles. The normalized spacial score (nSPS) is 49.7. The van der Waals surface area contributed by atoms with Gasteiger partial charge < -0.3 is 40.9 Å². The fraction of sp³-hybridized carbons (Fsp3) is 1.00. The second-order valence-corrected chi connectivity index (χ2v) is 7.19. The van der Waals surface area contributed by atoms with E-state index in [-0.39, 0.29) is 0 Å². The lowest BCUT2D eigenvalue weighted by atomic mass is 9.95. The SMILES string of the molecule is O=[S@]1C[C@H](O)[C@H](O)[C@@H](O)C[C@H](O)C[C@H](O)[C@@H](O)[C@H](O)[C@@H](O)C1. The molecule has 0 aromatic heterocycles. The van der Waals surface area contributed by atoms with Crippen molar-refractivity contribution >= 4 is 10.8 Å². The molecule has 0 unspecified atom stereocenters. The lowest BCUT2D eigenvalue weighted by Gasteiger charge is -2.27. The molecule has 132 valence electrons. The molecule has 0 spiro atoms. The van der Waals surface area contributed by atoms with Gasteiger partial charge in [0.05, 0.1) is 42.0 Å². The van der Waals surface area contributed by atoms with Gasteiger partial charge in [-0.25, -0.2) is 0 Å². The standard InChI is InChI=1S/C12H24O9S/c13-5-1-6(14)10(18)8(16)3-22(21)4-9(17)12(20)11(19)7(15)2-5/h5-20H,1-4H2/t5-,6-,7-,8-,9-,10+,11+,12+,22-/m0/s1. The average molecular weight is 344 g/mol. The predicted octanol–water partition coefficient (Wildman–Crippen LogP) is -4.58. The molecule has 0 amide bonds. The van der Waals surface area contributed by atoms with Crippen molar-refractivity contribution in [1.82, 2.24) is 0 Å². The first kappa shape index (κ1) is 19.9. The third-order valence-electron chi connectivity index (χ3n) is 3.67. The van der Waals surface area contributed by atoms with Crippen LogP contribution in [-0.4, -0.2) is 105 Å². The van der Waals surface area contributed by atoms with Crippen LogP contribution in [0.3, 0.4) is 0 Å². The molecule has 0 aromatic rings. The van der Waals surface area contributed by atoms with Crippen molar-refractivity contribution in [2.24, 2.45) is 0 Å². The molecule has 1 aliphatic heterocycles. The van der Waals surface area contributed by atoms with Gasteiger partial charge in [0, 0.05) is 23.6 Å². The molecule has 1 rings (SSSR count). The van der Waals surface area contributed by atoms with Gasteiger partial charge >= 0.3 is 0 Å². The Morgan fingerprint density at radius 1 is 0.591 bits per heavy atom. The van der Waals surface area contributed by atoms with Crippen molar-refractivity contribution in [2.45, 2.75) is 61.7 Å². The smallest absolute Gasteiger partial charge is 0.109 e. The van der Waals surface area contributed by atoms with Gasteiger partial charge in [0.2, 0.25) is 0 Å². The molecule has 9 nitrogen and oxygen atoms in total. The summed E-state index contributed by atoms with van der Waals surface area (Å²) in [6.07, 6.45) is -13.7. The van der Waals surface area contributed by atoms with E-state index in [9.17, 15) is 45.1 Å².